The normalized spacial score (nSPS) is 15.2. The monoisotopic (exact) mass is 668 g/mol. The number of fused-ring (bicyclic) bond motifs is 18. The number of benzene rings is 10. The summed E-state index contributed by atoms with van der Waals surface area (Å²) in [6.45, 7) is 0. The fourth-order valence-electron chi connectivity index (χ4n) is 10.2. The minimum Gasteiger partial charge on any atom is -0.0622 e. The van der Waals surface area contributed by atoms with Crippen LogP contribution in [0.15, 0.2) is 194 Å². The topological polar surface area (TPSA) is 0 Å². The standard InChI is InChI=1S/C53H32/c1-2-15-33(16-3-1)35-29-30-41-40-22-10-12-27-47(40)53(49(41)31-35)48-28-13-11-25-44(48)50-43-24-9-7-21-39(43)46-32-45(37-26-14-18-34-17-4-5-19-36(34)37)38-20-6-8-23-42(38)51(46)52(50)53/h1-32H. The Balaban J connectivity index is 1.32. The van der Waals surface area contributed by atoms with Gasteiger partial charge in [0, 0.05) is 0 Å². The van der Waals surface area contributed by atoms with Gasteiger partial charge in [-0.2, -0.15) is 0 Å². The molecule has 10 aromatic rings. The SMILES string of the molecule is c1ccc(-c2ccc3c(c2)C2(c4ccccc4-3)c3ccccc3-c3c2c2c4ccccc4c(-c4cccc5ccccc45)cc2c2ccccc32)cc1. The molecule has 244 valence electrons. The van der Waals surface area contributed by atoms with E-state index in [1.807, 2.05) is 0 Å². The number of hydrogen-bond acceptors (Lipinski definition) is 0. The molecule has 10 aromatic carbocycles. The molecule has 0 amide bonds. The molecule has 1 atom stereocenters. The minimum atomic E-state index is -0.505. The largest absolute Gasteiger partial charge is 0.0732 e. The Kier molecular flexibility index (Phi) is 5.80. The Labute approximate surface area is 308 Å². The molecule has 1 spiro atoms. The van der Waals surface area contributed by atoms with Gasteiger partial charge in [0.2, 0.25) is 0 Å². The second-order valence-corrected chi connectivity index (χ2v) is 14.7. The zero-order chi connectivity index (χ0) is 34.7. The summed E-state index contributed by atoms with van der Waals surface area (Å²) in [6.07, 6.45) is 0. The molecule has 0 fully saturated rings. The van der Waals surface area contributed by atoms with E-state index < -0.39 is 5.41 Å². The van der Waals surface area contributed by atoms with E-state index in [1.54, 1.807) is 0 Å². The summed E-state index contributed by atoms with van der Waals surface area (Å²) in [6, 6.07) is 72.8. The molecule has 0 saturated heterocycles. The summed E-state index contributed by atoms with van der Waals surface area (Å²) in [5.74, 6) is 0. The van der Waals surface area contributed by atoms with Crippen LogP contribution in [-0.2, 0) is 5.41 Å². The average molecular weight is 669 g/mol. The Morgan fingerprint density at radius 3 is 1.70 bits per heavy atom. The molecule has 0 bridgehead atoms. The maximum Gasteiger partial charge on any atom is 0.0732 e. The lowest BCUT2D eigenvalue weighted by Crippen LogP contribution is -2.26. The summed E-state index contributed by atoms with van der Waals surface area (Å²) < 4.78 is 0. The predicted octanol–water partition coefficient (Wildman–Crippen LogP) is 14.0. The van der Waals surface area contributed by atoms with Crippen LogP contribution < -0.4 is 0 Å². The number of rotatable bonds is 2. The Morgan fingerprint density at radius 2 is 0.868 bits per heavy atom. The van der Waals surface area contributed by atoms with Crippen molar-refractivity contribution in [2.75, 3.05) is 0 Å². The van der Waals surface area contributed by atoms with Gasteiger partial charge in [-0.15, -0.1) is 0 Å². The van der Waals surface area contributed by atoms with Gasteiger partial charge in [0.15, 0.2) is 0 Å². The zero-order valence-corrected chi connectivity index (χ0v) is 29.0. The highest BCUT2D eigenvalue weighted by molar-refractivity contribution is 6.28. The average Bonchev–Trinajstić information content (AvgIpc) is 3.71. The van der Waals surface area contributed by atoms with Crippen LogP contribution in [0.25, 0.3) is 87.6 Å². The first-order valence-corrected chi connectivity index (χ1v) is 18.6. The van der Waals surface area contributed by atoms with Crippen LogP contribution in [0.1, 0.15) is 22.3 Å². The smallest absolute Gasteiger partial charge is 0.0622 e. The molecule has 2 aliphatic carbocycles. The highest BCUT2D eigenvalue weighted by Crippen LogP contribution is 2.66. The van der Waals surface area contributed by atoms with Crippen molar-refractivity contribution >= 4 is 43.1 Å². The first-order valence-electron chi connectivity index (χ1n) is 18.6. The van der Waals surface area contributed by atoms with Crippen LogP contribution >= 0.6 is 0 Å². The molecule has 0 radical (unpaired) electrons. The molecule has 0 aliphatic heterocycles. The van der Waals surface area contributed by atoms with Crippen molar-refractivity contribution in [3.05, 3.63) is 216 Å². The summed E-state index contributed by atoms with van der Waals surface area (Å²) in [4.78, 5) is 0. The van der Waals surface area contributed by atoms with Gasteiger partial charge in [0.05, 0.1) is 5.41 Å². The first kappa shape index (κ1) is 28.9. The molecule has 53 heavy (non-hydrogen) atoms. The van der Waals surface area contributed by atoms with Crippen molar-refractivity contribution in [3.63, 3.8) is 0 Å². The van der Waals surface area contributed by atoms with Crippen LogP contribution in [0.3, 0.4) is 0 Å². The van der Waals surface area contributed by atoms with Gasteiger partial charge in [-0.25, -0.2) is 0 Å². The number of hydrogen-bond donors (Lipinski definition) is 0. The molecule has 0 saturated carbocycles. The van der Waals surface area contributed by atoms with E-state index in [2.05, 4.69) is 194 Å². The molecule has 2 aliphatic rings. The van der Waals surface area contributed by atoms with E-state index in [9.17, 15) is 0 Å². The summed E-state index contributed by atoms with van der Waals surface area (Å²) in [5, 5.41) is 10.4. The van der Waals surface area contributed by atoms with Crippen molar-refractivity contribution in [2.45, 2.75) is 5.41 Å². The molecular formula is C53H32. The van der Waals surface area contributed by atoms with Crippen molar-refractivity contribution < 1.29 is 0 Å². The van der Waals surface area contributed by atoms with Crippen molar-refractivity contribution in [1.82, 2.24) is 0 Å². The second kappa shape index (κ2) is 10.6. The van der Waals surface area contributed by atoms with Crippen LogP contribution in [0, 0.1) is 0 Å². The van der Waals surface area contributed by atoms with Crippen LogP contribution in [0.5, 0.6) is 0 Å². The lowest BCUT2D eigenvalue weighted by atomic mass is 9.68. The van der Waals surface area contributed by atoms with Gasteiger partial charge in [-0.1, -0.05) is 182 Å². The fraction of sp³-hybridized carbons (Fsp3) is 0.0189. The molecular weight excluding hydrogens is 637 g/mol. The van der Waals surface area contributed by atoms with Gasteiger partial charge in [0.1, 0.15) is 0 Å². The lowest BCUT2D eigenvalue weighted by Gasteiger charge is -2.32. The quantitative estimate of drug-likeness (QED) is 0.161. The van der Waals surface area contributed by atoms with Gasteiger partial charge < -0.3 is 0 Å². The summed E-state index contributed by atoms with van der Waals surface area (Å²) >= 11 is 0. The minimum absolute atomic E-state index is 0.505. The van der Waals surface area contributed by atoms with E-state index in [4.69, 9.17) is 0 Å². The molecule has 0 N–H and O–H groups in total. The van der Waals surface area contributed by atoms with Gasteiger partial charge in [0.25, 0.3) is 0 Å². The van der Waals surface area contributed by atoms with Crippen molar-refractivity contribution in [1.29, 1.82) is 0 Å². The summed E-state index contributed by atoms with van der Waals surface area (Å²) in [7, 11) is 0. The van der Waals surface area contributed by atoms with E-state index in [1.165, 1.54) is 110 Å². The maximum atomic E-state index is 2.51. The van der Waals surface area contributed by atoms with Gasteiger partial charge in [-0.3, -0.25) is 0 Å². The molecule has 0 nitrogen and oxygen atoms in total. The van der Waals surface area contributed by atoms with E-state index in [0.717, 1.165) is 0 Å². The van der Waals surface area contributed by atoms with Crippen molar-refractivity contribution in [3.8, 4) is 44.5 Å². The van der Waals surface area contributed by atoms with Crippen LogP contribution in [0.4, 0.5) is 0 Å². The molecule has 0 heterocycles. The maximum absolute atomic E-state index is 2.51. The third kappa shape index (κ3) is 3.70. The van der Waals surface area contributed by atoms with E-state index in [0.29, 0.717) is 0 Å². The van der Waals surface area contributed by atoms with Crippen LogP contribution in [-0.4, -0.2) is 0 Å². The third-order valence-electron chi connectivity index (χ3n) is 12.2. The Morgan fingerprint density at radius 1 is 0.283 bits per heavy atom. The molecule has 12 rings (SSSR count). The third-order valence-corrected chi connectivity index (χ3v) is 12.2. The molecule has 1 unspecified atom stereocenters. The highest BCUT2D eigenvalue weighted by atomic mass is 14.5. The van der Waals surface area contributed by atoms with Crippen molar-refractivity contribution in [2.24, 2.45) is 0 Å². The zero-order valence-electron chi connectivity index (χ0n) is 29.0. The Hall–Kier alpha value is -6.76. The van der Waals surface area contributed by atoms with E-state index >= 15 is 0 Å². The predicted molar refractivity (Wildman–Crippen MR) is 224 cm³/mol. The van der Waals surface area contributed by atoms with Gasteiger partial charge in [-0.05, 0) is 122 Å². The fourth-order valence-corrected chi connectivity index (χ4v) is 10.2. The van der Waals surface area contributed by atoms with E-state index in [-0.39, 0.29) is 0 Å². The lowest BCUT2D eigenvalue weighted by molar-refractivity contribution is 0.802. The molecule has 0 heteroatoms. The Bertz CT molecular complexity index is 3160. The second-order valence-electron chi connectivity index (χ2n) is 14.7. The summed E-state index contributed by atoms with van der Waals surface area (Å²) in [5.41, 5.74) is 15.4. The van der Waals surface area contributed by atoms with Gasteiger partial charge >= 0.3 is 0 Å². The first-order chi connectivity index (χ1) is 26.3. The molecule has 0 aromatic heterocycles. The van der Waals surface area contributed by atoms with Crippen LogP contribution in [0.2, 0.25) is 0 Å². The highest BCUT2D eigenvalue weighted by Gasteiger charge is 2.53.